The molecule has 6 nitrogen and oxygen atoms in total. The van der Waals surface area contributed by atoms with Gasteiger partial charge < -0.3 is 10.2 Å². The number of carbonyl (C=O) groups is 1. The van der Waals surface area contributed by atoms with Crippen LogP contribution in [-0.4, -0.2) is 40.0 Å². The van der Waals surface area contributed by atoms with Crippen molar-refractivity contribution in [3.63, 3.8) is 0 Å². The molecule has 0 spiro atoms. The third kappa shape index (κ3) is 3.83. The Morgan fingerprint density at radius 1 is 1.35 bits per heavy atom. The van der Waals surface area contributed by atoms with Crippen molar-refractivity contribution in [3.05, 3.63) is 47.7 Å². The number of aryl methyl sites for hydroxylation is 2. The van der Waals surface area contributed by atoms with Gasteiger partial charge in [-0.2, -0.15) is 0 Å². The van der Waals surface area contributed by atoms with Crippen LogP contribution >= 0.6 is 0 Å². The summed E-state index contributed by atoms with van der Waals surface area (Å²) in [7, 11) is 0. The molecule has 23 heavy (non-hydrogen) atoms. The van der Waals surface area contributed by atoms with Gasteiger partial charge in [-0.15, -0.1) is 0 Å². The molecule has 1 aliphatic heterocycles. The fourth-order valence-electron chi connectivity index (χ4n) is 2.93. The minimum absolute atomic E-state index is 0.0694. The highest BCUT2D eigenvalue weighted by molar-refractivity contribution is 5.94. The van der Waals surface area contributed by atoms with Crippen molar-refractivity contribution in [1.82, 2.24) is 20.3 Å². The van der Waals surface area contributed by atoms with Crippen LogP contribution in [0.15, 0.2) is 30.6 Å². The van der Waals surface area contributed by atoms with E-state index >= 15 is 0 Å². The molecule has 1 unspecified atom stereocenters. The highest BCUT2D eigenvalue weighted by Gasteiger charge is 2.23. The zero-order valence-corrected chi connectivity index (χ0v) is 13.5. The maximum atomic E-state index is 12.3. The fraction of sp³-hybridized carbons (Fsp3) is 0.412. The number of rotatable bonds is 3. The molecule has 1 atom stereocenters. The smallest absolute Gasteiger partial charge is 0.253 e. The number of hydrogen-bond acceptors (Lipinski definition) is 5. The number of pyridine rings is 1. The van der Waals surface area contributed by atoms with Gasteiger partial charge in [0.15, 0.2) is 0 Å². The monoisotopic (exact) mass is 311 g/mol. The molecule has 6 heteroatoms. The van der Waals surface area contributed by atoms with E-state index in [-0.39, 0.29) is 11.9 Å². The van der Waals surface area contributed by atoms with Gasteiger partial charge in [-0.05, 0) is 38.8 Å². The van der Waals surface area contributed by atoms with E-state index in [1.54, 1.807) is 24.5 Å². The lowest BCUT2D eigenvalue weighted by atomic mass is 10.1. The summed E-state index contributed by atoms with van der Waals surface area (Å²) in [5.74, 6) is 1.65. The van der Waals surface area contributed by atoms with Crippen LogP contribution < -0.4 is 10.2 Å². The van der Waals surface area contributed by atoms with Crippen LogP contribution in [0.4, 0.5) is 5.82 Å². The van der Waals surface area contributed by atoms with E-state index in [1.807, 2.05) is 19.9 Å². The van der Waals surface area contributed by atoms with E-state index in [4.69, 9.17) is 0 Å². The highest BCUT2D eigenvalue weighted by Crippen LogP contribution is 2.19. The van der Waals surface area contributed by atoms with Gasteiger partial charge in [0.05, 0.1) is 5.56 Å². The number of nitrogens with zero attached hydrogens (tertiary/aromatic N) is 4. The maximum Gasteiger partial charge on any atom is 0.253 e. The van der Waals surface area contributed by atoms with E-state index in [0.29, 0.717) is 5.56 Å². The second-order valence-electron chi connectivity index (χ2n) is 5.92. The first kappa shape index (κ1) is 15.4. The fourth-order valence-corrected chi connectivity index (χ4v) is 2.93. The zero-order valence-electron chi connectivity index (χ0n) is 13.5. The average molecular weight is 311 g/mol. The zero-order chi connectivity index (χ0) is 16.2. The minimum Gasteiger partial charge on any atom is -0.354 e. The number of piperidine rings is 1. The first-order valence-electron chi connectivity index (χ1n) is 7.90. The summed E-state index contributed by atoms with van der Waals surface area (Å²) >= 11 is 0. The molecule has 1 saturated heterocycles. The molecular formula is C17H21N5O. The summed E-state index contributed by atoms with van der Waals surface area (Å²) in [6.45, 7) is 5.60. The summed E-state index contributed by atoms with van der Waals surface area (Å²) in [5, 5.41) is 3.10. The first-order chi connectivity index (χ1) is 11.1. The predicted octanol–water partition coefficient (Wildman–Crippen LogP) is 1.89. The number of nitrogens with one attached hydrogen (secondary N) is 1. The molecular weight excluding hydrogens is 290 g/mol. The Labute approximate surface area is 136 Å². The Morgan fingerprint density at radius 3 is 2.96 bits per heavy atom. The molecule has 3 rings (SSSR count). The van der Waals surface area contributed by atoms with E-state index in [9.17, 15) is 4.79 Å². The van der Waals surface area contributed by atoms with E-state index in [0.717, 1.165) is 43.3 Å². The lowest BCUT2D eigenvalue weighted by molar-refractivity contribution is 0.0932. The molecule has 0 aliphatic carbocycles. The summed E-state index contributed by atoms with van der Waals surface area (Å²) in [6, 6.07) is 5.67. The number of carbonyl (C=O) groups excluding carboxylic acids is 1. The Bertz CT molecular complexity index is 668. The Hall–Kier alpha value is -2.50. The van der Waals surface area contributed by atoms with Gasteiger partial charge in [-0.1, -0.05) is 0 Å². The quantitative estimate of drug-likeness (QED) is 0.937. The van der Waals surface area contributed by atoms with Gasteiger partial charge in [-0.3, -0.25) is 9.78 Å². The number of anilines is 1. The third-order valence-electron chi connectivity index (χ3n) is 3.96. The Balaban J connectivity index is 1.67. The van der Waals surface area contributed by atoms with Crippen molar-refractivity contribution < 1.29 is 4.79 Å². The molecule has 1 fully saturated rings. The molecule has 1 aliphatic rings. The Kier molecular flexibility index (Phi) is 4.50. The van der Waals surface area contributed by atoms with Crippen LogP contribution in [0, 0.1) is 13.8 Å². The van der Waals surface area contributed by atoms with Crippen molar-refractivity contribution in [2.75, 3.05) is 18.0 Å². The normalized spacial score (nSPS) is 17.8. The molecule has 0 radical (unpaired) electrons. The molecule has 3 heterocycles. The molecule has 2 aromatic heterocycles. The molecule has 0 aromatic carbocycles. The standard InChI is InChI=1S/C17H21N5O/c1-12-9-16(20-13(2)19-12)22-8-4-6-15(11-22)21-17(23)14-5-3-7-18-10-14/h3,5,7,9-10,15H,4,6,8,11H2,1-2H3,(H,21,23). The van der Waals surface area contributed by atoms with Crippen LogP contribution in [0.3, 0.4) is 0 Å². The highest BCUT2D eigenvalue weighted by atomic mass is 16.1. The van der Waals surface area contributed by atoms with E-state index in [1.165, 1.54) is 0 Å². The summed E-state index contributed by atoms with van der Waals surface area (Å²) in [5.41, 5.74) is 1.56. The van der Waals surface area contributed by atoms with Gasteiger partial charge in [0.2, 0.25) is 0 Å². The number of aromatic nitrogens is 3. The van der Waals surface area contributed by atoms with Crippen LogP contribution in [0.1, 0.15) is 34.7 Å². The average Bonchev–Trinajstić information content (AvgIpc) is 2.55. The van der Waals surface area contributed by atoms with Crippen LogP contribution in [-0.2, 0) is 0 Å². The summed E-state index contributed by atoms with van der Waals surface area (Å²) in [6.07, 6.45) is 5.26. The number of amides is 1. The molecule has 1 N–H and O–H groups in total. The topological polar surface area (TPSA) is 71.0 Å². The SMILES string of the molecule is Cc1cc(N2CCCC(NC(=O)c3cccnc3)C2)nc(C)n1. The molecule has 2 aromatic rings. The second kappa shape index (κ2) is 6.73. The van der Waals surface area contributed by atoms with Crippen molar-refractivity contribution in [2.24, 2.45) is 0 Å². The largest absolute Gasteiger partial charge is 0.354 e. The predicted molar refractivity (Wildman–Crippen MR) is 88.4 cm³/mol. The molecule has 1 amide bonds. The maximum absolute atomic E-state index is 12.3. The van der Waals surface area contributed by atoms with Crippen LogP contribution in [0.5, 0.6) is 0 Å². The summed E-state index contributed by atoms with van der Waals surface area (Å²) in [4.78, 5) is 27.3. The van der Waals surface area contributed by atoms with Gasteiger partial charge >= 0.3 is 0 Å². The van der Waals surface area contributed by atoms with Gasteiger partial charge in [0, 0.05) is 43.3 Å². The third-order valence-corrected chi connectivity index (χ3v) is 3.96. The van der Waals surface area contributed by atoms with Crippen LogP contribution in [0.25, 0.3) is 0 Å². The Morgan fingerprint density at radius 2 is 2.22 bits per heavy atom. The lowest BCUT2D eigenvalue weighted by Crippen LogP contribution is -2.48. The molecule has 0 saturated carbocycles. The van der Waals surface area contributed by atoms with Gasteiger partial charge in [-0.25, -0.2) is 9.97 Å². The van der Waals surface area contributed by atoms with Crippen molar-refractivity contribution in [3.8, 4) is 0 Å². The molecule has 0 bridgehead atoms. The minimum atomic E-state index is -0.0694. The second-order valence-corrected chi connectivity index (χ2v) is 5.92. The first-order valence-corrected chi connectivity index (χ1v) is 7.90. The van der Waals surface area contributed by atoms with Crippen LogP contribution in [0.2, 0.25) is 0 Å². The van der Waals surface area contributed by atoms with Crippen molar-refractivity contribution in [1.29, 1.82) is 0 Å². The lowest BCUT2D eigenvalue weighted by Gasteiger charge is -2.34. The number of hydrogen-bond donors (Lipinski definition) is 1. The molecule has 120 valence electrons. The van der Waals surface area contributed by atoms with Gasteiger partial charge in [0.1, 0.15) is 11.6 Å². The summed E-state index contributed by atoms with van der Waals surface area (Å²) < 4.78 is 0. The van der Waals surface area contributed by atoms with E-state index in [2.05, 4.69) is 25.2 Å². The van der Waals surface area contributed by atoms with Crippen molar-refractivity contribution in [2.45, 2.75) is 32.7 Å². The van der Waals surface area contributed by atoms with Crippen molar-refractivity contribution >= 4 is 11.7 Å². The van der Waals surface area contributed by atoms with E-state index < -0.39 is 0 Å². The van der Waals surface area contributed by atoms with Gasteiger partial charge in [0.25, 0.3) is 5.91 Å².